The second kappa shape index (κ2) is 4.35. The molecule has 0 aliphatic heterocycles. The van der Waals surface area contributed by atoms with Crippen LogP contribution in [0.4, 0.5) is 0 Å². The highest BCUT2D eigenvalue weighted by Crippen LogP contribution is 2.39. The van der Waals surface area contributed by atoms with E-state index in [-0.39, 0.29) is 11.4 Å². The summed E-state index contributed by atoms with van der Waals surface area (Å²) in [7, 11) is 0. The molecule has 0 saturated heterocycles. The quantitative estimate of drug-likeness (QED) is 0.761. The van der Waals surface area contributed by atoms with Gasteiger partial charge in [0.05, 0.1) is 0 Å². The highest BCUT2D eigenvalue weighted by molar-refractivity contribution is 6.66. The first-order valence-electron chi connectivity index (χ1n) is 3.91. The number of rotatable bonds is 2. The van der Waals surface area contributed by atoms with Gasteiger partial charge in [0.25, 0.3) is 0 Å². The van der Waals surface area contributed by atoms with Gasteiger partial charge >= 0.3 is 0 Å². The van der Waals surface area contributed by atoms with Crippen molar-refractivity contribution in [3.8, 4) is 6.07 Å². The van der Waals surface area contributed by atoms with Crippen LogP contribution in [-0.2, 0) is 10.3 Å². The number of alkyl halides is 3. The molecule has 0 bridgehead atoms. The predicted octanol–water partition coefficient (Wildman–Crippen LogP) is 2.39. The lowest BCUT2D eigenvalue weighted by Gasteiger charge is -2.12. The fourth-order valence-electron chi connectivity index (χ4n) is 1.04. The van der Waals surface area contributed by atoms with Crippen molar-refractivity contribution >= 4 is 34.8 Å². The molecule has 76 valence electrons. The van der Waals surface area contributed by atoms with E-state index in [0.29, 0.717) is 6.54 Å². The van der Waals surface area contributed by atoms with Gasteiger partial charge in [-0.3, -0.25) is 0 Å². The Kier molecular flexibility index (Phi) is 3.59. The monoisotopic (exact) mass is 252 g/mol. The third kappa shape index (κ3) is 2.30. The molecule has 0 aliphatic carbocycles. The molecule has 0 saturated carbocycles. The molecule has 1 heterocycles. The molecule has 0 aromatic carbocycles. The standard InChI is InChI=1S/C7H7Cl3N4/c1-2-3-14-6(7(8,9)10)5(4-11)12-13-14/h2-3H2,1H3. The summed E-state index contributed by atoms with van der Waals surface area (Å²) in [5.41, 5.74) is 0.283. The minimum atomic E-state index is -1.66. The van der Waals surface area contributed by atoms with E-state index in [2.05, 4.69) is 10.3 Å². The van der Waals surface area contributed by atoms with Gasteiger partial charge in [0.2, 0.25) is 3.79 Å². The lowest BCUT2D eigenvalue weighted by atomic mass is 10.3. The van der Waals surface area contributed by atoms with Crippen molar-refractivity contribution in [2.75, 3.05) is 0 Å². The smallest absolute Gasteiger partial charge is 0.235 e. The van der Waals surface area contributed by atoms with E-state index in [0.717, 1.165) is 6.42 Å². The summed E-state index contributed by atoms with van der Waals surface area (Å²) >= 11 is 17.1. The van der Waals surface area contributed by atoms with Gasteiger partial charge in [0, 0.05) is 6.54 Å². The average Bonchev–Trinajstić information content (AvgIpc) is 2.47. The molecule has 0 fully saturated rings. The molecule has 4 nitrogen and oxygen atoms in total. The molecule has 0 spiro atoms. The Hall–Kier alpha value is -0.500. The van der Waals surface area contributed by atoms with Crippen molar-refractivity contribution in [3.05, 3.63) is 11.4 Å². The van der Waals surface area contributed by atoms with Gasteiger partial charge in [-0.2, -0.15) is 5.26 Å². The Morgan fingerprint density at radius 3 is 2.57 bits per heavy atom. The number of nitriles is 1. The number of aromatic nitrogens is 3. The lowest BCUT2D eigenvalue weighted by molar-refractivity contribution is 0.558. The van der Waals surface area contributed by atoms with E-state index in [4.69, 9.17) is 40.1 Å². The maximum absolute atomic E-state index is 8.72. The van der Waals surface area contributed by atoms with Crippen LogP contribution in [-0.4, -0.2) is 15.0 Å². The summed E-state index contributed by atoms with van der Waals surface area (Å²) in [4.78, 5) is 0. The normalized spacial score (nSPS) is 11.4. The molecule has 7 heteroatoms. The van der Waals surface area contributed by atoms with Crippen molar-refractivity contribution in [1.82, 2.24) is 15.0 Å². The maximum Gasteiger partial charge on any atom is 0.235 e. The van der Waals surface area contributed by atoms with Crippen molar-refractivity contribution in [3.63, 3.8) is 0 Å². The molecule has 0 radical (unpaired) electrons. The maximum atomic E-state index is 8.72. The highest BCUT2D eigenvalue weighted by Gasteiger charge is 2.32. The first-order chi connectivity index (χ1) is 6.50. The topological polar surface area (TPSA) is 54.5 Å². The predicted molar refractivity (Wildman–Crippen MR) is 54.3 cm³/mol. The van der Waals surface area contributed by atoms with E-state index in [9.17, 15) is 0 Å². The highest BCUT2D eigenvalue weighted by atomic mass is 35.6. The molecular weight excluding hydrogens is 246 g/mol. The molecule has 14 heavy (non-hydrogen) atoms. The second-order valence-corrected chi connectivity index (χ2v) is 4.90. The van der Waals surface area contributed by atoms with Crippen LogP contribution in [0.5, 0.6) is 0 Å². The van der Waals surface area contributed by atoms with Crippen LogP contribution >= 0.6 is 34.8 Å². The van der Waals surface area contributed by atoms with Gasteiger partial charge in [-0.25, -0.2) is 4.68 Å². The Bertz CT molecular complexity index is 360. The van der Waals surface area contributed by atoms with Crippen LogP contribution in [0.15, 0.2) is 0 Å². The van der Waals surface area contributed by atoms with E-state index in [1.165, 1.54) is 4.68 Å². The summed E-state index contributed by atoms with van der Waals surface area (Å²) in [6.45, 7) is 2.52. The van der Waals surface area contributed by atoms with Gasteiger partial charge in [-0.15, -0.1) is 5.10 Å². The Labute approximate surface area is 96.4 Å². The minimum Gasteiger partial charge on any atom is -0.244 e. The molecule has 1 rings (SSSR count). The molecule has 0 aliphatic rings. The van der Waals surface area contributed by atoms with E-state index >= 15 is 0 Å². The van der Waals surface area contributed by atoms with Crippen molar-refractivity contribution in [1.29, 1.82) is 5.26 Å². The summed E-state index contributed by atoms with van der Waals surface area (Å²) in [5, 5.41) is 16.1. The molecule has 0 amide bonds. The van der Waals surface area contributed by atoms with Crippen molar-refractivity contribution < 1.29 is 0 Å². The van der Waals surface area contributed by atoms with Crippen molar-refractivity contribution in [2.24, 2.45) is 0 Å². The van der Waals surface area contributed by atoms with Crippen molar-refractivity contribution in [2.45, 2.75) is 23.7 Å². The van der Waals surface area contributed by atoms with Gasteiger partial charge in [-0.05, 0) is 6.42 Å². The molecule has 1 aromatic rings. The summed E-state index contributed by atoms with van der Waals surface area (Å²) in [5.74, 6) is 0. The van der Waals surface area contributed by atoms with Crippen LogP contribution in [0.1, 0.15) is 24.7 Å². The Morgan fingerprint density at radius 1 is 1.50 bits per heavy atom. The number of hydrogen-bond donors (Lipinski definition) is 0. The zero-order chi connectivity index (χ0) is 10.8. The van der Waals surface area contributed by atoms with Gasteiger partial charge in [0.15, 0.2) is 5.69 Å². The summed E-state index contributed by atoms with van der Waals surface area (Å²) in [6.07, 6.45) is 0.821. The fraction of sp³-hybridized carbons (Fsp3) is 0.571. The van der Waals surface area contributed by atoms with E-state index in [1.807, 2.05) is 13.0 Å². The molecule has 0 unspecified atom stereocenters. The Morgan fingerprint density at radius 2 is 2.14 bits per heavy atom. The third-order valence-electron chi connectivity index (χ3n) is 1.54. The zero-order valence-corrected chi connectivity index (χ0v) is 9.60. The van der Waals surface area contributed by atoms with Gasteiger partial charge in [0.1, 0.15) is 11.8 Å². The third-order valence-corrected chi connectivity index (χ3v) is 2.08. The fourth-order valence-corrected chi connectivity index (χ4v) is 1.60. The molecular formula is C7H7Cl3N4. The van der Waals surface area contributed by atoms with Gasteiger partial charge in [-0.1, -0.05) is 46.9 Å². The van der Waals surface area contributed by atoms with Crippen LogP contribution in [0.3, 0.4) is 0 Å². The average molecular weight is 254 g/mol. The number of halogens is 3. The first kappa shape index (κ1) is 11.6. The Balaban J connectivity index is 3.21. The first-order valence-corrected chi connectivity index (χ1v) is 5.04. The van der Waals surface area contributed by atoms with Crippen LogP contribution in [0.2, 0.25) is 0 Å². The van der Waals surface area contributed by atoms with Crippen LogP contribution in [0, 0.1) is 11.3 Å². The number of nitrogens with zero attached hydrogens (tertiary/aromatic N) is 4. The van der Waals surface area contributed by atoms with E-state index < -0.39 is 3.79 Å². The van der Waals surface area contributed by atoms with Gasteiger partial charge < -0.3 is 0 Å². The van der Waals surface area contributed by atoms with Crippen LogP contribution in [0.25, 0.3) is 0 Å². The SMILES string of the molecule is CCCn1nnc(C#N)c1C(Cl)(Cl)Cl. The molecule has 0 atom stereocenters. The summed E-state index contributed by atoms with van der Waals surface area (Å²) in [6, 6.07) is 1.83. The van der Waals surface area contributed by atoms with Crippen LogP contribution < -0.4 is 0 Å². The molecule has 0 N–H and O–H groups in total. The number of hydrogen-bond acceptors (Lipinski definition) is 3. The lowest BCUT2D eigenvalue weighted by Crippen LogP contribution is -2.13. The largest absolute Gasteiger partial charge is 0.244 e. The zero-order valence-electron chi connectivity index (χ0n) is 7.34. The second-order valence-electron chi connectivity index (χ2n) is 2.62. The summed E-state index contributed by atoms with van der Waals surface area (Å²) < 4.78 is -0.227. The molecule has 1 aromatic heterocycles. The number of aryl methyl sites for hydroxylation is 1. The minimum absolute atomic E-state index is 0.0541. The van der Waals surface area contributed by atoms with E-state index in [1.54, 1.807) is 0 Å².